The number of benzene rings is 4. The Balaban J connectivity index is 1.65. The Kier molecular flexibility index (Phi) is 10.6. The molecule has 1 aliphatic rings. The number of ketones is 1. The average molecular weight is 685 g/mol. The molecule has 1 heterocycles. The Morgan fingerprint density at radius 2 is 1.27 bits per heavy atom. The molecule has 1 unspecified atom stereocenters. The minimum atomic E-state index is -1.75. The van der Waals surface area contributed by atoms with Crippen molar-refractivity contribution in [2.24, 2.45) is 5.41 Å². The zero-order valence-corrected chi connectivity index (χ0v) is 29.1. The molecule has 0 saturated heterocycles. The van der Waals surface area contributed by atoms with Crippen LogP contribution in [0.4, 0.5) is 0 Å². The number of ether oxygens (including phenoxy) is 4. The highest BCUT2D eigenvalue weighted by molar-refractivity contribution is 6.07. The maximum Gasteiger partial charge on any atom is 0.324 e. The molecule has 8 nitrogen and oxygen atoms in total. The predicted octanol–water partition coefficient (Wildman–Crippen LogP) is 8.54. The molecule has 0 fully saturated rings. The van der Waals surface area contributed by atoms with Gasteiger partial charge in [0.2, 0.25) is 0 Å². The number of allylic oxidation sites excluding steroid dienone is 2. The molecule has 51 heavy (non-hydrogen) atoms. The normalized spacial score (nSPS) is 14.9. The molecule has 0 bridgehead atoms. The van der Waals surface area contributed by atoms with Gasteiger partial charge in [0.15, 0.2) is 11.2 Å². The van der Waals surface area contributed by atoms with Crippen molar-refractivity contribution in [1.29, 1.82) is 0 Å². The van der Waals surface area contributed by atoms with Gasteiger partial charge in [-0.15, -0.1) is 0 Å². The minimum Gasteiger partial charge on any atom is -0.497 e. The molecule has 0 amide bonds. The van der Waals surface area contributed by atoms with Crippen LogP contribution in [0.5, 0.6) is 5.75 Å². The molecule has 8 heteroatoms. The monoisotopic (exact) mass is 684 g/mol. The lowest BCUT2D eigenvalue weighted by Gasteiger charge is -2.34. The van der Waals surface area contributed by atoms with Gasteiger partial charge < -0.3 is 23.4 Å². The van der Waals surface area contributed by atoms with E-state index in [1.807, 2.05) is 91.0 Å². The van der Waals surface area contributed by atoms with Gasteiger partial charge in [-0.05, 0) is 53.0 Å². The van der Waals surface area contributed by atoms with Crippen LogP contribution < -0.4 is 4.74 Å². The Hall–Kier alpha value is -5.73. The lowest BCUT2D eigenvalue weighted by atomic mass is 9.68. The quantitative estimate of drug-likeness (QED) is 0.0732. The van der Waals surface area contributed by atoms with Crippen molar-refractivity contribution in [2.45, 2.75) is 31.8 Å². The Morgan fingerprint density at radius 1 is 0.686 bits per heavy atom. The van der Waals surface area contributed by atoms with Crippen LogP contribution in [-0.4, -0.2) is 46.2 Å². The number of Topliss-reactive ketones (excluding diaryl/α,β-unsaturated/α-hetero) is 1. The summed E-state index contributed by atoms with van der Waals surface area (Å²) in [5, 5.41) is 0. The van der Waals surface area contributed by atoms with Gasteiger partial charge in [0.05, 0.1) is 21.3 Å². The average Bonchev–Trinajstić information content (AvgIpc) is 3.57. The fourth-order valence-electron chi connectivity index (χ4n) is 7.07. The smallest absolute Gasteiger partial charge is 0.324 e. The van der Waals surface area contributed by atoms with Gasteiger partial charge in [-0.25, -0.2) is 0 Å². The number of methoxy groups -OCH3 is 4. The van der Waals surface area contributed by atoms with E-state index in [9.17, 15) is 14.4 Å². The molecule has 260 valence electrons. The van der Waals surface area contributed by atoms with Crippen molar-refractivity contribution in [3.8, 4) is 17.1 Å². The molecule has 1 aromatic heterocycles. The SMILES string of the molecule is COC(=O)C1(C(=O)OC)C/C(=C(/CCC(=O)c2ccc(OC)cc2)c2ccccc2)c2c(oc(-c3ccccc3)c2C(OC)c2ccccc2)C1. The highest BCUT2D eigenvalue weighted by atomic mass is 16.5. The molecule has 5 aromatic rings. The summed E-state index contributed by atoms with van der Waals surface area (Å²) in [5.41, 5.74) is 4.32. The Labute approximate surface area is 297 Å². The first-order chi connectivity index (χ1) is 24.8. The van der Waals surface area contributed by atoms with E-state index < -0.39 is 23.5 Å². The third-order valence-electron chi connectivity index (χ3n) is 9.55. The standard InChI is InChI=1S/C43H40O8/c1-47-32-22-20-29(21-23-32)35(44)25-24-33(28-14-8-5-9-15-28)34-26-43(41(45)49-3,42(46)50-4)27-36-37(34)38(39(48-2)30-16-10-6-11-17-30)40(51-36)31-18-12-7-13-19-31/h5-23,39H,24-27H2,1-4H3/b34-33+. The second-order valence-corrected chi connectivity index (χ2v) is 12.4. The van der Waals surface area contributed by atoms with Crippen molar-refractivity contribution < 1.29 is 37.7 Å². The van der Waals surface area contributed by atoms with Crippen LogP contribution in [0.3, 0.4) is 0 Å². The van der Waals surface area contributed by atoms with Crippen molar-refractivity contribution >= 4 is 28.9 Å². The van der Waals surface area contributed by atoms with Gasteiger partial charge in [0.25, 0.3) is 0 Å². The zero-order valence-electron chi connectivity index (χ0n) is 29.1. The minimum absolute atomic E-state index is 0.0493. The molecule has 1 aliphatic carbocycles. The van der Waals surface area contributed by atoms with Gasteiger partial charge in [-0.3, -0.25) is 14.4 Å². The number of rotatable bonds is 12. The first-order valence-corrected chi connectivity index (χ1v) is 16.8. The maximum atomic E-state index is 13.8. The van der Waals surface area contributed by atoms with Crippen LogP contribution >= 0.6 is 0 Å². The topological polar surface area (TPSA) is 101 Å². The van der Waals surface area contributed by atoms with Crippen molar-refractivity contribution in [3.05, 3.63) is 149 Å². The lowest BCUT2D eigenvalue weighted by Crippen LogP contribution is -2.45. The third kappa shape index (κ3) is 6.87. The number of furan rings is 1. The number of hydrogen-bond acceptors (Lipinski definition) is 8. The van der Waals surface area contributed by atoms with Crippen LogP contribution in [0, 0.1) is 5.41 Å². The summed E-state index contributed by atoms with van der Waals surface area (Å²) in [5.74, 6) is 0.110. The van der Waals surface area contributed by atoms with Crippen LogP contribution in [0.1, 0.15) is 63.7 Å². The van der Waals surface area contributed by atoms with Gasteiger partial charge in [0.1, 0.15) is 23.4 Å². The number of fused-ring (bicyclic) bond motifs is 1. The number of carbonyl (C=O) groups is 3. The van der Waals surface area contributed by atoms with Gasteiger partial charge >= 0.3 is 11.9 Å². The van der Waals surface area contributed by atoms with Crippen LogP contribution in [0.2, 0.25) is 0 Å². The number of esters is 2. The van der Waals surface area contributed by atoms with Crippen LogP contribution in [0.25, 0.3) is 22.5 Å². The van der Waals surface area contributed by atoms with E-state index in [-0.39, 0.29) is 25.0 Å². The molecule has 1 atom stereocenters. The number of hydrogen-bond donors (Lipinski definition) is 0. The van der Waals surface area contributed by atoms with E-state index in [0.717, 1.165) is 33.4 Å². The molecular weight excluding hydrogens is 644 g/mol. The van der Waals surface area contributed by atoms with Gasteiger partial charge in [0, 0.05) is 48.6 Å². The molecule has 0 radical (unpaired) electrons. The molecule has 0 N–H and O–H groups in total. The summed E-state index contributed by atoms with van der Waals surface area (Å²) in [6, 6.07) is 36.2. The highest BCUT2D eigenvalue weighted by Gasteiger charge is 2.54. The highest BCUT2D eigenvalue weighted by Crippen LogP contribution is 2.53. The molecule has 4 aromatic carbocycles. The lowest BCUT2D eigenvalue weighted by molar-refractivity contribution is -0.169. The summed E-state index contributed by atoms with van der Waals surface area (Å²) >= 11 is 0. The molecule has 6 rings (SSSR count). The Morgan fingerprint density at radius 3 is 1.84 bits per heavy atom. The van der Waals surface area contributed by atoms with E-state index in [1.54, 1.807) is 38.5 Å². The third-order valence-corrected chi connectivity index (χ3v) is 9.55. The first-order valence-electron chi connectivity index (χ1n) is 16.8. The molecular formula is C43H40O8. The fraction of sp³-hybridized carbons (Fsp3) is 0.233. The van der Waals surface area contributed by atoms with Gasteiger partial charge in [-0.2, -0.15) is 0 Å². The molecule has 0 spiro atoms. The summed E-state index contributed by atoms with van der Waals surface area (Å²) in [6.45, 7) is 0. The van der Waals surface area contributed by atoms with Crippen molar-refractivity contribution in [2.75, 3.05) is 28.4 Å². The van der Waals surface area contributed by atoms with E-state index in [0.29, 0.717) is 34.8 Å². The van der Waals surface area contributed by atoms with E-state index >= 15 is 0 Å². The van der Waals surface area contributed by atoms with Crippen molar-refractivity contribution in [1.82, 2.24) is 0 Å². The second-order valence-electron chi connectivity index (χ2n) is 12.4. The van der Waals surface area contributed by atoms with E-state index in [4.69, 9.17) is 23.4 Å². The summed E-state index contributed by atoms with van der Waals surface area (Å²) in [4.78, 5) is 41.3. The summed E-state index contributed by atoms with van der Waals surface area (Å²) < 4.78 is 29.0. The predicted molar refractivity (Wildman–Crippen MR) is 194 cm³/mol. The van der Waals surface area contributed by atoms with E-state index in [2.05, 4.69) is 0 Å². The maximum absolute atomic E-state index is 13.8. The second kappa shape index (κ2) is 15.4. The van der Waals surface area contributed by atoms with Gasteiger partial charge in [-0.1, -0.05) is 91.0 Å². The van der Waals surface area contributed by atoms with Crippen LogP contribution in [-0.2, 0) is 30.2 Å². The molecule has 0 saturated carbocycles. The molecule has 0 aliphatic heterocycles. The van der Waals surface area contributed by atoms with E-state index in [1.165, 1.54) is 14.2 Å². The number of carbonyl (C=O) groups excluding carboxylic acids is 3. The zero-order chi connectivity index (χ0) is 36.0. The first kappa shape index (κ1) is 35.1. The Bertz CT molecular complexity index is 2010. The largest absolute Gasteiger partial charge is 0.497 e. The van der Waals surface area contributed by atoms with Crippen LogP contribution in [0.15, 0.2) is 120 Å². The van der Waals surface area contributed by atoms with Crippen molar-refractivity contribution in [3.63, 3.8) is 0 Å². The fourth-order valence-corrected chi connectivity index (χ4v) is 7.07. The summed E-state index contributed by atoms with van der Waals surface area (Å²) in [7, 11) is 5.75. The summed E-state index contributed by atoms with van der Waals surface area (Å²) in [6.07, 6.45) is -0.263.